The van der Waals surface area contributed by atoms with Gasteiger partial charge in [-0.25, -0.2) is 0 Å². The number of hydrogen-bond acceptors (Lipinski definition) is 2. The fourth-order valence-corrected chi connectivity index (χ4v) is 2.17. The maximum Gasteiger partial charge on any atom is 0.303 e. The van der Waals surface area contributed by atoms with Crippen molar-refractivity contribution in [3.8, 4) is 0 Å². The molecule has 0 aromatic heterocycles. The zero-order valence-electron chi connectivity index (χ0n) is 10.1. The van der Waals surface area contributed by atoms with Crippen LogP contribution in [0.4, 0.5) is 0 Å². The van der Waals surface area contributed by atoms with Crippen molar-refractivity contribution < 1.29 is 9.90 Å². The Hall–Kier alpha value is -0.870. The van der Waals surface area contributed by atoms with E-state index in [9.17, 15) is 4.79 Å². The van der Waals surface area contributed by atoms with Gasteiger partial charge in [0.1, 0.15) is 0 Å². The molecule has 1 atom stereocenters. The molecule has 0 aliphatic rings. The van der Waals surface area contributed by atoms with Crippen LogP contribution in [-0.2, 0) is 4.79 Å². The third-order valence-electron chi connectivity index (χ3n) is 2.70. The van der Waals surface area contributed by atoms with Gasteiger partial charge < -0.3 is 10.8 Å². The Morgan fingerprint density at radius 3 is 2.41 bits per heavy atom. The molecule has 1 unspecified atom stereocenters. The van der Waals surface area contributed by atoms with Crippen molar-refractivity contribution >= 4 is 21.9 Å². The number of benzene rings is 1. The first kappa shape index (κ1) is 14.2. The second-order valence-corrected chi connectivity index (χ2v) is 6.01. The predicted octanol–water partition coefficient (Wildman–Crippen LogP) is 3.34. The summed E-state index contributed by atoms with van der Waals surface area (Å²) in [6.45, 7) is 3.86. The first-order chi connectivity index (χ1) is 7.80. The molecule has 0 heterocycles. The number of carbonyl (C=O) groups is 1. The van der Waals surface area contributed by atoms with Crippen LogP contribution in [0.3, 0.4) is 0 Å². The minimum Gasteiger partial charge on any atom is -0.481 e. The van der Waals surface area contributed by atoms with E-state index in [4.69, 9.17) is 10.8 Å². The van der Waals surface area contributed by atoms with Crippen LogP contribution >= 0.6 is 15.9 Å². The van der Waals surface area contributed by atoms with Gasteiger partial charge in [0.15, 0.2) is 0 Å². The molecule has 0 saturated heterocycles. The van der Waals surface area contributed by atoms with Gasteiger partial charge in [0.25, 0.3) is 0 Å². The average Bonchev–Trinajstić information content (AvgIpc) is 2.15. The highest BCUT2D eigenvalue weighted by Crippen LogP contribution is 2.31. The smallest absolute Gasteiger partial charge is 0.303 e. The van der Waals surface area contributed by atoms with Gasteiger partial charge >= 0.3 is 5.97 Å². The molecular weight excluding hydrogens is 282 g/mol. The van der Waals surface area contributed by atoms with Gasteiger partial charge in [0.2, 0.25) is 0 Å². The van der Waals surface area contributed by atoms with Crippen LogP contribution in [0.1, 0.15) is 38.3 Å². The summed E-state index contributed by atoms with van der Waals surface area (Å²) in [5, 5.41) is 8.82. The van der Waals surface area contributed by atoms with E-state index < -0.39 is 5.97 Å². The van der Waals surface area contributed by atoms with E-state index in [1.165, 1.54) is 0 Å². The lowest BCUT2D eigenvalue weighted by atomic mass is 9.81. The quantitative estimate of drug-likeness (QED) is 0.876. The monoisotopic (exact) mass is 299 g/mol. The number of halogens is 1. The number of nitrogens with two attached hydrogens (primary N) is 1. The van der Waals surface area contributed by atoms with Gasteiger partial charge in [-0.3, -0.25) is 4.79 Å². The van der Waals surface area contributed by atoms with Crippen LogP contribution < -0.4 is 5.73 Å². The molecule has 94 valence electrons. The maximum atomic E-state index is 10.7. The van der Waals surface area contributed by atoms with Gasteiger partial charge in [-0.15, -0.1) is 0 Å². The van der Waals surface area contributed by atoms with Crippen LogP contribution in [0.25, 0.3) is 0 Å². The molecule has 1 rings (SSSR count). The summed E-state index contributed by atoms with van der Waals surface area (Å²) in [4.78, 5) is 10.7. The van der Waals surface area contributed by atoms with Crippen molar-refractivity contribution in [2.45, 2.75) is 32.7 Å². The molecule has 3 N–H and O–H groups in total. The minimum absolute atomic E-state index is 0.127. The number of carboxylic acids is 1. The molecule has 0 amide bonds. The van der Waals surface area contributed by atoms with Gasteiger partial charge in [-0.1, -0.05) is 41.9 Å². The number of aliphatic carboxylic acids is 1. The molecule has 1 aromatic rings. The molecule has 0 aliphatic heterocycles. The Bertz CT molecular complexity index is 387. The summed E-state index contributed by atoms with van der Waals surface area (Å²) in [7, 11) is 0. The van der Waals surface area contributed by atoms with Gasteiger partial charge in [0.05, 0.1) is 6.42 Å². The number of hydrogen-bond donors (Lipinski definition) is 2. The van der Waals surface area contributed by atoms with Crippen molar-refractivity contribution in [3.63, 3.8) is 0 Å². The van der Waals surface area contributed by atoms with Crippen LogP contribution in [-0.4, -0.2) is 11.1 Å². The van der Waals surface area contributed by atoms with E-state index in [-0.39, 0.29) is 17.9 Å². The van der Waals surface area contributed by atoms with Gasteiger partial charge in [-0.2, -0.15) is 0 Å². The molecule has 0 saturated carbocycles. The highest BCUT2D eigenvalue weighted by molar-refractivity contribution is 9.10. The summed E-state index contributed by atoms with van der Waals surface area (Å²) in [6.07, 6.45) is 0.790. The van der Waals surface area contributed by atoms with Gasteiger partial charge in [0, 0.05) is 10.5 Å². The Labute approximate surface area is 110 Å². The number of carboxylic acid groups (broad SMARTS) is 1. The molecule has 0 radical (unpaired) electrons. The lowest BCUT2D eigenvalue weighted by Gasteiger charge is -2.26. The lowest BCUT2D eigenvalue weighted by Crippen LogP contribution is -2.24. The zero-order chi connectivity index (χ0) is 13.1. The molecule has 0 fully saturated rings. The van der Waals surface area contributed by atoms with Crippen molar-refractivity contribution in [2.24, 2.45) is 11.1 Å². The third kappa shape index (κ3) is 4.88. The Morgan fingerprint density at radius 2 is 1.94 bits per heavy atom. The zero-order valence-corrected chi connectivity index (χ0v) is 11.7. The van der Waals surface area contributed by atoms with E-state index in [0.717, 1.165) is 10.0 Å². The first-order valence-corrected chi connectivity index (χ1v) is 6.32. The van der Waals surface area contributed by atoms with Crippen molar-refractivity contribution in [2.75, 3.05) is 0 Å². The summed E-state index contributed by atoms with van der Waals surface area (Å²) in [6, 6.07) is 7.69. The van der Waals surface area contributed by atoms with Crippen molar-refractivity contribution in [1.29, 1.82) is 0 Å². The van der Waals surface area contributed by atoms with Gasteiger partial charge in [-0.05, 0) is 29.5 Å². The molecular formula is C13H18BrNO2. The molecule has 1 aromatic carbocycles. The first-order valence-electron chi connectivity index (χ1n) is 5.53. The second-order valence-electron chi connectivity index (χ2n) is 5.10. The number of rotatable bonds is 5. The van der Waals surface area contributed by atoms with E-state index in [0.29, 0.717) is 6.42 Å². The van der Waals surface area contributed by atoms with Crippen LogP contribution in [0.2, 0.25) is 0 Å². The second kappa shape index (κ2) is 5.65. The van der Waals surface area contributed by atoms with Crippen LogP contribution in [0.5, 0.6) is 0 Å². The molecule has 0 spiro atoms. The SMILES string of the molecule is CC(C)(CC(=O)O)CC(N)c1ccc(Br)cc1. The minimum atomic E-state index is -0.780. The van der Waals surface area contributed by atoms with Crippen LogP contribution in [0.15, 0.2) is 28.7 Å². The Balaban J connectivity index is 2.68. The fourth-order valence-electron chi connectivity index (χ4n) is 1.90. The summed E-state index contributed by atoms with van der Waals surface area (Å²) < 4.78 is 1.01. The average molecular weight is 300 g/mol. The maximum absolute atomic E-state index is 10.7. The van der Waals surface area contributed by atoms with Crippen molar-refractivity contribution in [1.82, 2.24) is 0 Å². The highest BCUT2D eigenvalue weighted by Gasteiger charge is 2.25. The summed E-state index contributed by atoms with van der Waals surface area (Å²) >= 11 is 3.37. The highest BCUT2D eigenvalue weighted by atomic mass is 79.9. The standard InChI is InChI=1S/C13H18BrNO2/c1-13(2,8-12(16)17)7-11(15)9-3-5-10(14)6-4-9/h3-6,11H,7-8,15H2,1-2H3,(H,16,17). The van der Waals surface area contributed by atoms with E-state index in [2.05, 4.69) is 15.9 Å². The van der Waals surface area contributed by atoms with Crippen molar-refractivity contribution in [3.05, 3.63) is 34.3 Å². The summed E-state index contributed by atoms with van der Waals surface area (Å²) in [5.41, 5.74) is 6.84. The fraction of sp³-hybridized carbons (Fsp3) is 0.462. The van der Waals surface area contributed by atoms with E-state index in [1.807, 2.05) is 38.1 Å². The molecule has 3 nitrogen and oxygen atoms in total. The largest absolute Gasteiger partial charge is 0.481 e. The van der Waals surface area contributed by atoms with E-state index >= 15 is 0 Å². The molecule has 17 heavy (non-hydrogen) atoms. The molecule has 4 heteroatoms. The third-order valence-corrected chi connectivity index (χ3v) is 3.23. The summed E-state index contributed by atoms with van der Waals surface area (Å²) in [5.74, 6) is -0.780. The van der Waals surface area contributed by atoms with E-state index in [1.54, 1.807) is 0 Å². The molecule has 0 bridgehead atoms. The normalized spacial score (nSPS) is 13.4. The Kier molecular flexibility index (Phi) is 4.71. The Morgan fingerprint density at radius 1 is 1.41 bits per heavy atom. The topological polar surface area (TPSA) is 63.3 Å². The molecule has 0 aliphatic carbocycles. The van der Waals surface area contributed by atoms with Crippen LogP contribution in [0, 0.1) is 5.41 Å². The predicted molar refractivity (Wildman–Crippen MR) is 71.7 cm³/mol. The lowest BCUT2D eigenvalue weighted by molar-refractivity contribution is -0.139.